The number of imidazole rings is 1. The number of aryl methyl sites for hydroxylation is 1. The number of nitrogens with zero attached hydrogens (tertiary/aromatic N) is 1. The van der Waals surface area contributed by atoms with Crippen LogP contribution in [0.2, 0.25) is 0 Å². The fourth-order valence-electron chi connectivity index (χ4n) is 0.344. The second-order valence-electron chi connectivity index (χ2n) is 1.17. The maximum atomic E-state index is 3.86. The van der Waals surface area contributed by atoms with Crippen molar-refractivity contribution in [1.82, 2.24) is 9.97 Å². The number of hydrogen-bond acceptors (Lipinski definition) is 1. The van der Waals surface area contributed by atoms with Gasteiger partial charge in [0.25, 0.3) is 0 Å². The fourth-order valence-corrected chi connectivity index (χ4v) is 0.344. The molecular formula is C4H6N2Re. The summed E-state index contributed by atoms with van der Waals surface area (Å²) in [7, 11) is 0. The second-order valence-corrected chi connectivity index (χ2v) is 1.17. The minimum atomic E-state index is 0. The molecule has 0 atom stereocenters. The molecule has 1 heterocycles. The van der Waals surface area contributed by atoms with E-state index in [4.69, 9.17) is 0 Å². The molecule has 0 spiro atoms. The molecule has 0 bridgehead atoms. The first kappa shape index (κ1) is 6.87. The largest absolute Gasteiger partial charge is 0.349 e. The Bertz CT molecular complexity index is 113. The number of hydrogen-bond donors (Lipinski definition) is 1. The first-order chi connectivity index (χ1) is 2.89. The molecule has 1 N–H and O–H groups in total. The molecule has 1 radical (unpaired) electrons. The number of H-pyrrole nitrogens is 1. The van der Waals surface area contributed by atoms with Crippen LogP contribution in [0.1, 0.15) is 5.82 Å². The zero-order valence-electron chi connectivity index (χ0n) is 3.98. The van der Waals surface area contributed by atoms with Crippen LogP contribution in [0.3, 0.4) is 0 Å². The van der Waals surface area contributed by atoms with Crippen molar-refractivity contribution in [3.05, 3.63) is 18.2 Å². The zero-order chi connectivity index (χ0) is 4.41. The molecule has 0 unspecified atom stereocenters. The Morgan fingerprint density at radius 1 is 1.71 bits per heavy atom. The van der Waals surface area contributed by atoms with E-state index in [1.165, 1.54) is 0 Å². The summed E-state index contributed by atoms with van der Waals surface area (Å²) >= 11 is 0. The summed E-state index contributed by atoms with van der Waals surface area (Å²) in [4.78, 5) is 6.75. The molecule has 0 amide bonds. The molecule has 1 aromatic rings. The van der Waals surface area contributed by atoms with Gasteiger partial charge in [-0.1, -0.05) is 0 Å². The third-order valence-electron chi connectivity index (χ3n) is 0.635. The van der Waals surface area contributed by atoms with Crippen LogP contribution in [0.5, 0.6) is 0 Å². The van der Waals surface area contributed by atoms with Crippen molar-refractivity contribution in [1.29, 1.82) is 0 Å². The van der Waals surface area contributed by atoms with Crippen LogP contribution in [0.4, 0.5) is 0 Å². The third-order valence-corrected chi connectivity index (χ3v) is 0.635. The second kappa shape index (κ2) is 2.95. The molecule has 0 aliphatic rings. The van der Waals surface area contributed by atoms with E-state index in [9.17, 15) is 0 Å². The molecule has 0 saturated carbocycles. The number of rotatable bonds is 0. The molecular weight excluding hydrogens is 262 g/mol. The van der Waals surface area contributed by atoms with Crippen LogP contribution in [0, 0.1) is 6.92 Å². The van der Waals surface area contributed by atoms with Gasteiger partial charge in [-0.25, -0.2) is 4.98 Å². The summed E-state index contributed by atoms with van der Waals surface area (Å²) in [5, 5.41) is 0. The SMILES string of the molecule is Cc1ncc[nH]1.[Re]. The van der Waals surface area contributed by atoms with Crippen molar-refractivity contribution >= 4 is 0 Å². The quantitative estimate of drug-likeness (QED) is 0.738. The van der Waals surface area contributed by atoms with Crippen molar-refractivity contribution in [2.45, 2.75) is 6.92 Å². The molecule has 1 rings (SSSR count). The molecule has 0 saturated heterocycles. The van der Waals surface area contributed by atoms with E-state index in [0.717, 1.165) is 5.82 Å². The summed E-state index contributed by atoms with van der Waals surface area (Å²) < 4.78 is 0. The normalized spacial score (nSPS) is 7.57. The molecule has 39 valence electrons. The minimum absolute atomic E-state index is 0. The van der Waals surface area contributed by atoms with Gasteiger partial charge in [-0.3, -0.25) is 0 Å². The average Bonchev–Trinajstić information content (AvgIpc) is 1.86. The Morgan fingerprint density at radius 3 is 2.57 bits per heavy atom. The van der Waals surface area contributed by atoms with E-state index >= 15 is 0 Å². The monoisotopic (exact) mass is 269 g/mol. The number of aromatic amines is 1. The van der Waals surface area contributed by atoms with Gasteiger partial charge in [0, 0.05) is 32.8 Å². The average molecular weight is 268 g/mol. The van der Waals surface area contributed by atoms with Gasteiger partial charge < -0.3 is 4.98 Å². The van der Waals surface area contributed by atoms with Gasteiger partial charge >= 0.3 is 0 Å². The first-order valence-corrected chi connectivity index (χ1v) is 1.85. The van der Waals surface area contributed by atoms with E-state index < -0.39 is 0 Å². The van der Waals surface area contributed by atoms with Gasteiger partial charge in [-0.05, 0) is 6.92 Å². The zero-order valence-corrected chi connectivity index (χ0v) is 6.70. The van der Waals surface area contributed by atoms with Crippen molar-refractivity contribution in [3.63, 3.8) is 0 Å². The van der Waals surface area contributed by atoms with Crippen LogP contribution in [-0.2, 0) is 20.4 Å². The third kappa shape index (κ3) is 1.86. The predicted octanol–water partition coefficient (Wildman–Crippen LogP) is 0.716. The van der Waals surface area contributed by atoms with Gasteiger partial charge in [0.1, 0.15) is 5.82 Å². The first-order valence-electron chi connectivity index (χ1n) is 1.85. The topological polar surface area (TPSA) is 28.7 Å². The van der Waals surface area contributed by atoms with Crippen LogP contribution in [0.15, 0.2) is 12.4 Å². The molecule has 0 aromatic carbocycles. The molecule has 0 aliphatic heterocycles. The van der Waals surface area contributed by atoms with E-state index in [0.29, 0.717) is 0 Å². The van der Waals surface area contributed by atoms with Gasteiger partial charge in [-0.2, -0.15) is 0 Å². The maximum absolute atomic E-state index is 3.86. The molecule has 3 heteroatoms. The Kier molecular flexibility index (Phi) is 2.90. The Morgan fingerprint density at radius 2 is 2.43 bits per heavy atom. The van der Waals surface area contributed by atoms with Crippen molar-refractivity contribution < 1.29 is 20.4 Å². The van der Waals surface area contributed by atoms with Gasteiger partial charge in [0.05, 0.1) is 0 Å². The summed E-state index contributed by atoms with van der Waals surface area (Å²) in [6.45, 7) is 1.92. The Labute approximate surface area is 56.0 Å². The molecule has 7 heavy (non-hydrogen) atoms. The van der Waals surface area contributed by atoms with Gasteiger partial charge in [0.2, 0.25) is 0 Å². The summed E-state index contributed by atoms with van der Waals surface area (Å²) in [5.41, 5.74) is 0. The molecule has 0 fully saturated rings. The van der Waals surface area contributed by atoms with Crippen molar-refractivity contribution in [2.24, 2.45) is 0 Å². The standard InChI is InChI=1S/C4H6N2.Re/c1-4-5-2-3-6-4;/h2-3H,1H3,(H,5,6);. The van der Waals surface area contributed by atoms with Crippen LogP contribution < -0.4 is 0 Å². The molecule has 2 nitrogen and oxygen atoms in total. The number of aromatic nitrogens is 2. The summed E-state index contributed by atoms with van der Waals surface area (Å²) in [6.07, 6.45) is 3.53. The maximum Gasteiger partial charge on any atom is 0.102 e. The smallest absolute Gasteiger partial charge is 0.102 e. The molecule has 0 aliphatic carbocycles. The van der Waals surface area contributed by atoms with E-state index in [1.54, 1.807) is 12.4 Å². The predicted molar refractivity (Wildman–Crippen MR) is 23.3 cm³/mol. The minimum Gasteiger partial charge on any atom is -0.349 e. The van der Waals surface area contributed by atoms with Crippen LogP contribution in [0.25, 0.3) is 0 Å². The van der Waals surface area contributed by atoms with Crippen molar-refractivity contribution in [2.75, 3.05) is 0 Å². The summed E-state index contributed by atoms with van der Waals surface area (Å²) in [6, 6.07) is 0. The van der Waals surface area contributed by atoms with Gasteiger partial charge in [0.15, 0.2) is 0 Å². The van der Waals surface area contributed by atoms with E-state index in [-0.39, 0.29) is 20.4 Å². The van der Waals surface area contributed by atoms with Crippen LogP contribution in [-0.4, -0.2) is 9.97 Å². The summed E-state index contributed by atoms with van der Waals surface area (Å²) in [5.74, 6) is 0.968. The Hall–Kier alpha value is -0.128. The van der Waals surface area contributed by atoms with Crippen molar-refractivity contribution in [3.8, 4) is 0 Å². The Balaban J connectivity index is 0.000000360. The number of nitrogens with one attached hydrogen (secondary N) is 1. The molecule has 1 aromatic heterocycles. The van der Waals surface area contributed by atoms with Crippen LogP contribution >= 0.6 is 0 Å². The van der Waals surface area contributed by atoms with E-state index in [1.807, 2.05) is 6.92 Å². The van der Waals surface area contributed by atoms with E-state index in [2.05, 4.69) is 9.97 Å². The van der Waals surface area contributed by atoms with Gasteiger partial charge in [-0.15, -0.1) is 0 Å². The fraction of sp³-hybridized carbons (Fsp3) is 0.250.